The quantitative estimate of drug-likeness (QED) is 0.0714. The van der Waals surface area contributed by atoms with Crippen LogP contribution >= 0.6 is 0 Å². The van der Waals surface area contributed by atoms with Crippen LogP contribution in [0.2, 0.25) is 0 Å². The van der Waals surface area contributed by atoms with E-state index in [4.69, 9.17) is 0 Å². The van der Waals surface area contributed by atoms with Crippen LogP contribution in [0.3, 0.4) is 0 Å². The first-order chi connectivity index (χ1) is 28.5. The maximum Gasteiger partial charge on any atom is 0.418 e. The van der Waals surface area contributed by atoms with Crippen LogP contribution in [0.25, 0.3) is 10.9 Å². The molecule has 0 saturated carbocycles. The molecule has 0 saturated heterocycles. The van der Waals surface area contributed by atoms with Crippen LogP contribution in [0.5, 0.6) is 5.75 Å². The molecule has 0 aliphatic heterocycles. The monoisotopic (exact) mass is 833 g/mol. The molecule has 3 aromatic rings. The van der Waals surface area contributed by atoms with Gasteiger partial charge in [0.25, 0.3) is 0 Å². The van der Waals surface area contributed by atoms with Gasteiger partial charge in [-0.05, 0) is 85.3 Å². The number of H-pyrrole nitrogens is 1. The van der Waals surface area contributed by atoms with E-state index in [1.807, 2.05) is 58.9 Å². The molecular formula is C48H63F4N5O3. The third-order valence-electron chi connectivity index (χ3n) is 12.3. The van der Waals surface area contributed by atoms with Gasteiger partial charge in [-0.3, -0.25) is 9.59 Å². The minimum Gasteiger partial charge on any atom is -0.508 e. The van der Waals surface area contributed by atoms with Gasteiger partial charge in [-0.2, -0.15) is 13.2 Å². The predicted molar refractivity (Wildman–Crippen MR) is 232 cm³/mol. The molecule has 2 aliphatic rings. The number of halogens is 4. The number of phenols is 1. The smallest absolute Gasteiger partial charge is 0.418 e. The zero-order valence-electron chi connectivity index (χ0n) is 36.1. The molecule has 12 heteroatoms. The van der Waals surface area contributed by atoms with Gasteiger partial charge in [0.15, 0.2) is 0 Å². The van der Waals surface area contributed by atoms with Gasteiger partial charge >= 0.3 is 6.18 Å². The molecule has 2 aromatic carbocycles. The second-order valence-corrected chi connectivity index (χ2v) is 16.6. The van der Waals surface area contributed by atoms with Crippen molar-refractivity contribution in [3.8, 4) is 5.75 Å². The van der Waals surface area contributed by atoms with Crippen molar-refractivity contribution < 1.29 is 32.3 Å². The predicted octanol–water partition coefficient (Wildman–Crippen LogP) is 10.4. The molecule has 326 valence electrons. The number of allylic oxidation sites excluding steroid dienone is 5. The molecule has 5 rings (SSSR count). The lowest BCUT2D eigenvalue weighted by molar-refractivity contribution is -0.136. The summed E-state index contributed by atoms with van der Waals surface area (Å²) in [6, 6.07) is 8.63. The summed E-state index contributed by atoms with van der Waals surface area (Å²) in [6.07, 6.45) is 6.97. The molecule has 6 N–H and O–H groups in total. The van der Waals surface area contributed by atoms with Gasteiger partial charge in [-0.25, -0.2) is 4.39 Å². The Morgan fingerprint density at radius 3 is 2.27 bits per heavy atom. The zero-order valence-corrected chi connectivity index (χ0v) is 36.1. The second-order valence-electron chi connectivity index (χ2n) is 16.6. The first-order valence-electron chi connectivity index (χ1n) is 21.6. The number of hydrogen-bond acceptors (Lipinski definition) is 5. The third kappa shape index (κ3) is 10.7. The molecule has 8 nitrogen and oxygen atoms in total. The Balaban J connectivity index is 1.57. The van der Waals surface area contributed by atoms with E-state index in [2.05, 4.69) is 46.2 Å². The summed E-state index contributed by atoms with van der Waals surface area (Å²) in [6.45, 7) is 14.4. The Bertz CT molecular complexity index is 2130. The molecule has 5 atom stereocenters. The minimum atomic E-state index is -4.58. The lowest BCUT2D eigenvalue weighted by Crippen LogP contribution is -2.64. The number of hydrogen-bond donors (Lipinski definition) is 6. The number of carbonyl (C=O) groups is 2. The standard InChI is InChI=1S/C48H63F4N5O3/c1-8-15-39(53-28-32-22-21-31(7)41(58)25-32)43(29(5)10-3)56-46(60)47(24-23-38-35(27-47)34-18-14-19-36(45(34)54-38)48(50,51)52)57-40(16-9-2)44(30(6)11-4)55-42(59)26-33-17-12-13-20-37(33)49/h12,14-19,21-22,25,29-30,43-44,53-54,57-58H,8-11,13,20,23-24,26-28H2,1-7H3,(H,55,59)(H,56,60)/b39-15+,40-16+/t29?,30?,43-,44-,47+/m0/s1. The van der Waals surface area contributed by atoms with Gasteiger partial charge in [0.1, 0.15) is 17.1 Å². The first-order valence-corrected chi connectivity index (χ1v) is 21.6. The Hall–Kier alpha value is -5.00. The number of carbonyl (C=O) groups excluding carboxylic acids is 2. The number of aromatic hydroxyl groups is 1. The molecule has 0 spiro atoms. The number of amides is 2. The molecule has 1 aromatic heterocycles. The highest BCUT2D eigenvalue weighted by molar-refractivity contribution is 5.92. The van der Waals surface area contributed by atoms with Crippen LogP contribution in [-0.4, -0.2) is 39.5 Å². The number of alkyl halides is 3. The van der Waals surface area contributed by atoms with E-state index in [9.17, 15) is 27.5 Å². The van der Waals surface area contributed by atoms with E-state index in [0.29, 0.717) is 66.6 Å². The molecule has 1 heterocycles. The summed E-state index contributed by atoms with van der Waals surface area (Å²) in [5.41, 5.74) is 2.62. The fourth-order valence-corrected chi connectivity index (χ4v) is 8.36. The summed E-state index contributed by atoms with van der Waals surface area (Å²) < 4.78 is 57.7. The van der Waals surface area contributed by atoms with Crippen molar-refractivity contribution in [2.24, 2.45) is 11.8 Å². The van der Waals surface area contributed by atoms with Crippen LogP contribution < -0.4 is 21.3 Å². The molecule has 0 bridgehead atoms. The van der Waals surface area contributed by atoms with Crippen molar-refractivity contribution in [1.82, 2.24) is 26.3 Å². The summed E-state index contributed by atoms with van der Waals surface area (Å²) in [4.78, 5) is 32.2. The molecule has 0 fully saturated rings. The van der Waals surface area contributed by atoms with Crippen LogP contribution in [0.1, 0.15) is 121 Å². The van der Waals surface area contributed by atoms with Gasteiger partial charge in [0, 0.05) is 41.9 Å². The average Bonchev–Trinajstić information content (AvgIpc) is 3.59. The van der Waals surface area contributed by atoms with E-state index < -0.39 is 29.4 Å². The van der Waals surface area contributed by atoms with Crippen molar-refractivity contribution in [2.75, 3.05) is 0 Å². The number of fused-ring (bicyclic) bond motifs is 3. The highest BCUT2D eigenvalue weighted by Gasteiger charge is 2.46. The van der Waals surface area contributed by atoms with Crippen molar-refractivity contribution in [3.63, 3.8) is 0 Å². The largest absolute Gasteiger partial charge is 0.508 e. The van der Waals surface area contributed by atoms with Gasteiger partial charge < -0.3 is 31.4 Å². The van der Waals surface area contributed by atoms with Crippen LogP contribution in [0, 0.1) is 18.8 Å². The number of aromatic nitrogens is 1. The van der Waals surface area contributed by atoms with E-state index >= 15 is 4.79 Å². The first kappa shape index (κ1) is 46.1. The number of nitrogens with one attached hydrogen (secondary N) is 5. The van der Waals surface area contributed by atoms with Gasteiger partial charge in [0.05, 0.1) is 29.6 Å². The SMILES string of the molecule is CC/C=C(/N[C@]1(C(=O)N[C@H](/C(=C\CC)NCc2ccc(C)c(O)c2)C(C)CC)CCc2[nH]c3c(C(F)(F)F)cccc3c2C1)[C@@H](NC(=O)CC1=C(F)CCC=C1)C(C)CC. The summed E-state index contributed by atoms with van der Waals surface area (Å²) in [5, 5.41) is 24.6. The van der Waals surface area contributed by atoms with Crippen LogP contribution in [0.15, 0.2) is 83.5 Å². The van der Waals surface area contributed by atoms with Crippen LogP contribution in [0.4, 0.5) is 17.6 Å². The highest BCUT2D eigenvalue weighted by Crippen LogP contribution is 2.41. The third-order valence-corrected chi connectivity index (χ3v) is 12.3. The molecule has 60 heavy (non-hydrogen) atoms. The summed E-state index contributed by atoms with van der Waals surface area (Å²) >= 11 is 0. The fraction of sp³-hybridized carbons (Fsp3) is 0.500. The topological polar surface area (TPSA) is 118 Å². The second kappa shape index (κ2) is 20.0. The normalized spacial score (nSPS) is 19.4. The highest BCUT2D eigenvalue weighted by atomic mass is 19.4. The Labute approximate surface area is 352 Å². The Morgan fingerprint density at radius 2 is 1.63 bits per heavy atom. The van der Waals surface area contributed by atoms with Crippen molar-refractivity contribution in [2.45, 2.75) is 143 Å². The fourth-order valence-electron chi connectivity index (χ4n) is 8.36. The van der Waals surface area contributed by atoms with Gasteiger partial charge in [-0.1, -0.05) is 103 Å². The molecule has 2 unspecified atom stereocenters. The van der Waals surface area contributed by atoms with Crippen molar-refractivity contribution in [1.29, 1.82) is 0 Å². The molecular weight excluding hydrogens is 771 g/mol. The minimum absolute atomic E-state index is 0.00411. The average molecular weight is 834 g/mol. The summed E-state index contributed by atoms with van der Waals surface area (Å²) in [7, 11) is 0. The van der Waals surface area contributed by atoms with E-state index in [0.717, 1.165) is 29.3 Å². The van der Waals surface area contributed by atoms with Gasteiger partial charge in [-0.15, -0.1) is 0 Å². The molecule has 0 radical (unpaired) electrons. The Kier molecular flexibility index (Phi) is 15.4. The summed E-state index contributed by atoms with van der Waals surface area (Å²) in [5.74, 6) is -0.878. The lowest BCUT2D eigenvalue weighted by atomic mass is 9.77. The maximum absolute atomic E-state index is 15.4. The van der Waals surface area contributed by atoms with Crippen molar-refractivity contribution >= 4 is 22.7 Å². The molecule has 2 amide bonds. The number of phenolic OH excluding ortho intramolecular Hbond substituents is 1. The van der Waals surface area contributed by atoms with Gasteiger partial charge in [0.2, 0.25) is 11.8 Å². The Morgan fingerprint density at radius 1 is 0.950 bits per heavy atom. The van der Waals surface area contributed by atoms with Crippen molar-refractivity contribution in [3.05, 3.63) is 111 Å². The van der Waals surface area contributed by atoms with E-state index in [1.165, 1.54) is 6.07 Å². The zero-order chi connectivity index (χ0) is 43.8. The number of aromatic amines is 1. The lowest BCUT2D eigenvalue weighted by Gasteiger charge is -2.42. The number of para-hydroxylation sites is 1. The maximum atomic E-state index is 15.4. The number of aryl methyl sites for hydroxylation is 2. The molecule has 2 aliphatic carbocycles. The number of rotatable bonds is 18. The van der Waals surface area contributed by atoms with E-state index in [-0.39, 0.29) is 66.4 Å². The van der Waals surface area contributed by atoms with Crippen LogP contribution in [-0.2, 0) is 35.2 Å². The number of benzene rings is 2. The van der Waals surface area contributed by atoms with E-state index in [1.54, 1.807) is 18.2 Å².